The Morgan fingerprint density at radius 1 is 0.867 bits per heavy atom. The summed E-state index contributed by atoms with van der Waals surface area (Å²) >= 11 is 0. The number of halogens is 7. The lowest BCUT2D eigenvalue weighted by molar-refractivity contribution is -0.348. The first-order chi connectivity index (χ1) is 13.7. The average molecular weight is 436 g/mol. The molecule has 1 aliphatic heterocycles. The van der Waals surface area contributed by atoms with Gasteiger partial charge in [-0.3, -0.25) is 4.98 Å². The van der Waals surface area contributed by atoms with Crippen LogP contribution in [0.5, 0.6) is 0 Å². The Morgan fingerprint density at radius 2 is 1.37 bits per heavy atom. The zero-order chi connectivity index (χ0) is 22.6. The standard InChI is InChI=1S/C20H19F7N2O/c1-16(11-29(2)12-16)17(30,15-4-3-9-28-10-15)13-5-7-14(8-6-13)18(21,19(22,23)24)20(25,26)27/h3-10,30H,11-12H2,1-2H3/t17-/m0/s1. The topological polar surface area (TPSA) is 36.4 Å². The fourth-order valence-electron chi connectivity index (χ4n) is 4.24. The van der Waals surface area contributed by atoms with Crippen LogP contribution in [-0.4, -0.2) is 47.5 Å². The van der Waals surface area contributed by atoms with E-state index in [1.807, 2.05) is 4.90 Å². The maximum atomic E-state index is 14.3. The Balaban J connectivity index is 2.13. The molecule has 1 atom stereocenters. The number of benzene rings is 1. The van der Waals surface area contributed by atoms with Crippen LogP contribution >= 0.6 is 0 Å². The van der Waals surface area contributed by atoms with Crippen molar-refractivity contribution in [2.45, 2.75) is 30.5 Å². The molecule has 0 bridgehead atoms. The van der Waals surface area contributed by atoms with Crippen LogP contribution in [-0.2, 0) is 11.3 Å². The van der Waals surface area contributed by atoms with E-state index in [9.17, 15) is 35.8 Å². The van der Waals surface area contributed by atoms with Gasteiger partial charge in [-0.15, -0.1) is 0 Å². The molecular formula is C20H19F7N2O. The minimum atomic E-state index is -6.20. The third kappa shape index (κ3) is 3.17. The van der Waals surface area contributed by atoms with Crippen molar-refractivity contribution >= 4 is 0 Å². The van der Waals surface area contributed by atoms with E-state index in [0.29, 0.717) is 30.8 Å². The van der Waals surface area contributed by atoms with Gasteiger partial charge in [0.1, 0.15) is 5.60 Å². The fraction of sp³-hybridized carbons (Fsp3) is 0.450. The quantitative estimate of drug-likeness (QED) is 0.715. The molecule has 0 radical (unpaired) electrons. The molecule has 0 amide bonds. The van der Waals surface area contributed by atoms with Crippen molar-refractivity contribution in [2.24, 2.45) is 5.41 Å². The molecule has 1 saturated heterocycles. The van der Waals surface area contributed by atoms with Gasteiger partial charge in [-0.05, 0) is 18.7 Å². The van der Waals surface area contributed by atoms with Crippen molar-refractivity contribution in [1.82, 2.24) is 9.88 Å². The number of pyridine rings is 1. The molecule has 1 N–H and O–H groups in total. The monoisotopic (exact) mass is 436 g/mol. The Bertz CT molecular complexity index is 876. The number of nitrogens with zero attached hydrogens (tertiary/aromatic N) is 2. The molecule has 1 aliphatic rings. The van der Waals surface area contributed by atoms with E-state index in [2.05, 4.69) is 4.98 Å². The molecule has 164 valence electrons. The lowest BCUT2D eigenvalue weighted by Crippen LogP contribution is -2.63. The molecule has 2 heterocycles. The number of alkyl halides is 7. The van der Waals surface area contributed by atoms with Gasteiger partial charge in [0.2, 0.25) is 0 Å². The highest BCUT2D eigenvalue weighted by Gasteiger charge is 2.73. The predicted molar refractivity (Wildman–Crippen MR) is 94.2 cm³/mol. The minimum absolute atomic E-state index is 0.0431. The Labute approximate surface area is 168 Å². The molecule has 0 unspecified atom stereocenters. The maximum absolute atomic E-state index is 14.3. The first-order valence-corrected chi connectivity index (χ1v) is 8.92. The highest BCUT2D eigenvalue weighted by atomic mass is 19.4. The van der Waals surface area contributed by atoms with Crippen LogP contribution in [0, 0.1) is 5.41 Å². The van der Waals surface area contributed by atoms with Crippen LogP contribution in [0.15, 0.2) is 48.8 Å². The Hall–Kier alpha value is -2.20. The lowest BCUT2D eigenvalue weighted by atomic mass is 9.62. The highest BCUT2D eigenvalue weighted by molar-refractivity contribution is 5.41. The van der Waals surface area contributed by atoms with Gasteiger partial charge in [0, 0.05) is 42.0 Å². The summed E-state index contributed by atoms with van der Waals surface area (Å²) in [6.07, 6.45) is -9.56. The molecule has 3 rings (SSSR count). The number of hydrogen-bond acceptors (Lipinski definition) is 3. The molecule has 1 fully saturated rings. The third-order valence-corrected chi connectivity index (χ3v) is 5.67. The number of aromatic nitrogens is 1. The molecule has 0 aliphatic carbocycles. The molecule has 10 heteroatoms. The van der Waals surface area contributed by atoms with E-state index in [0.717, 1.165) is 12.1 Å². The predicted octanol–water partition coefficient (Wildman–Crippen LogP) is 4.56. The second-order valence-corrected chi connectivity index (χ2v) is 7.92. The van der Waals surface area contributed by atoms with Crippen LogP contribution in [0.1, 0.15) is 23.6 Å². The van der Waals surface area contributed by atoms with E-state index in [4.69, 9.17) is 0 Å². The Kier molecular flexibility index (Phi) is 5.18. The van der Waals surface area contributed by atoms with E-state index in [1.54, 1.807) is 26.1 Å². The molecule has 0 spiro atoms. The molecule has 0 saturated carbocycles. The van der Waals surface area contributed by atoms with Crippen LogP contribution in [0.2, 0.25) is 0 Å². The highest BCUT2D eigenvalue weighted by Crippen LogP contribution is 2.54. The summed E-state index contributed by atoms with van der Waals surface area (Å²) in [4.78, 5) is 5.86. The molecular weight excluding hydrogens is 417 g/mol. The number of hydrogen-bond donors (Lipinski definition) is 1. The summed E-state index contributed by atoms with van der Waals surface area (Å²) in [5.41, 5.74) is -9.32. The summed E-state index contributed by atoms with van der Waals surface area (Å²) in [7, 11) is 1.80. The van der Waals surface area contributed by atoms with Crippen LogP contribution in [0.25, 0.3) is 0 Å². The zero-order valence-corrected chi connectivity index (χ0v) is 16.0. The van der Waals surface area contributed by atoms with Gasteiger partial charge in [0.15, 0.2) is 0 Å². The van der Waals surface area contributed by atoms with E-state index < -0.39 is 34.6 Å². The zero-order valence-electron chi connectivity index (χ0n) is 16.0. The van der Waals surface area contributed by atoms with Crippen molar-refractivity contribution in [1.29, 1.82) is 0 Å². The van der Waals surface area contributed by atoms with Crippen molar-refractivity contribution in [3.05, 3.63) is 65.5 Å². The summed E-state index contributed by atoms with van der Waals surface area (Å²) in [6, 6.07) is 5.76. The van der Waals surface area contributed by atoms with Gasteiger partial charge in [-0.1, -0.05) is 37.3 Å². The maximum Gasteiger partial charge on any atom is 0.435 e. The normalized spacial score (nSPS) is 19.8. The van der Waals surface area contributed by atoms with E-state index in [-0.39, 0.29) is 5.56 Å². The van der Waals surface area contributed by atoms with Crippen molar-refractivity contribution in [3.8, 4) is 0 Å². The largest absolute Gasteiger partial charge is 0.435 e. The first-order valence-electron chi connectivity index (χ1n) is 8.92. The van der Waals surface area contributed by atoms with Crippen molar-refractivity contribution in [2.75, 3.05) is 20.1 Å². The molecule has 3 nitrogen and oxygen atoms in total. The second-order valence-electron chi connectivity index (χ2n) is 7.92. The Morgan fingerprint density at radius 3 is 1.77 bits per heavy atom. The van der Waals surface area contributed by atoms with Gasteiger partial charge in [-0.2, -0.15) is 26.3 Å². The SMILES string of the molecule is CN1CC(C)([C@](O)(c2ccc(C(F)(C(F)(F)F)C(F)(F)F)cc2)c2cccnc2)C1. The van der Waals surface area contributed by atoms with Crippen molar-refractivity contribution < 1.29 is 35.8 Å². The first kappa shape index (κ1) is 22.5. The molecule has 2 aromatic rings. The van der Waals surface area contributed by atoms with Crippen LogP contribution in [0.3, 0.4) is 0 Å². The molecule has 30 heavy (non-hydrogen) atoms. The van der Waals surface area contributed by atoms with Crippen LogP contribution < -0.4 is 0 Å². The number of likely N-dealkylation sites (tertiary alicyclic amines) is 1. The number of rotatable bonds is 4. The second kappa shape index (κ2) is 6.91. The lowest BCUT2D eigenvalue weighted by Gasteiger charge is -2.55. The number of aliphatic hydroxyl groups is 1. The summed E-state index contributed by atoms with van der Waals surface area (Å²) in [6.45, 7) is 2.58. The van der Waals surface area contributed by atoms with Gasteiger partial charge < -0.3 is 10.0 Å². The van der Waals surface area contributed by atoms with Gasteiger partial charge in [-0.25, -0.2) is 4.39 Å². The molecule has 1 aromatic heterocycles. The van der Waals surface area contributed by atoms with E-state index in [1.165, 1.54) is 12.4 Å². The molecule has 1 aromatic carbocycles. The minimum Gasteiger partial charge on any atom is -0.380 e. The van der Waals surface area contributed by atoms with Crippen LogP contribution in [0.4, 0.5) is 30.7 Å². The fourth-order valence-corrected chi connectivity index (χ4v) is 4.24. The summed E-state index contributed by atoms with van der Waals surface area (Å²) in [5.74, 6) is 0. The van der Waals surface area contributed by atoms with Gasteiger partial charge >= 0.3 is 18.0 Å². The summed E-state index contributed by atoms with van der Waals surface area (Å²) < 4.78 is 92.5. The summed E-state index contributed by atoms with van der Waals surface area (Å²) in [5, 5.41) is 11.7. The smallest absolute Gasteiger partial charge is 0.380 e. The van der Waals surface area contributed by atoms with E-state index >= 15 is 0 Å². The van der Waals surface area contributed by atoms with Crippen molar-refractivity contribution in [3.63, 3.8) is 0 Å². The van der Waals surface area contributed by atoms with Gasteiger partial charge in [0.05, 0.1) is 0 Å². The average Bonchev–Trinajstić information content (AvgIpc) is 2.64. The third-order valence-electron chi connectivity index (χ3n) is 5.67. The van der Waals surface area contributed by atoms with Gasteiger partial charge in [0.25, 0.3) is 0 Å².